The van der Waals surface area contributed by atoms with Gasteiger partial charge in [0, 0.05) is 76.3 Å². The topological polar surface area (TPSA) is 11.4 Å². The lowest BCUT2D eigenvalue weighted by Gasteiger charge is -2.30. The highest BCUT2D eigenvalue weighted by molar-refractivity contribution is 7.26. The van der Waals surface area contributed by atoms with Crippen LogP contribution >= 0.6 is 11.3 Å². The van der Waals surface area contributed by atoms with Crippen LogP contribution in [0, 0.1) is 0 Å². The molecule has 0 aliphatic rings. The van der Waals surface area contributed by atoms with E-state index >= 15 is 0 Å². The van der Waals surface area contributed by atoms with Gasteiger partial charge in [0.15, 0.2) is 0 Å². The average Bonchev–Trinajstić information content (AvgIpc) is 3.96. The van der Waals surface area contributed by atoms with E-state index in [1.165, 1.54) is 69.4 Å². The van der Waals surface area contributed by atoms with E-state index in [4.69, 9.17) is 0 Å². The Kier molecular flexibility index (Phi) is 9.69. The fourth-order valence-electron chi connectivity index (χ4n) is 10.2. The number of hydrogen-bond donors (Lipinski definition) is 0. The van der Waals surface area contributed by atoms with Crippen molar-refractivity contribution in [3.63, 3.8) is 0 Å². The van der Waals surface area contributed by atoms with E-state index in [0.717, 1.165) is 45.4 Å². The highest BCUT2D eigenvalue weighted by Gasteiger charge is 2.25. The van der Waals surface area contributed by atoms with Crippen molar-refractivity contribution in [1.29, 1.82) is 0 Å². The molecule has 0 N–H and O–H groups in total. The van der Waals surface area contributed by atoms with Crippen LogP contribution in [0.3, 0.4) is 0 Å². The largest absolute Gasteiger partial charge is 0.310 e. The van der Waals surface area contributed by atoms with Crippen LogP contribution in [0.1, 0.15) is 0 Å². The number of para-hydroxylation sites is 4. The Hall–Kier alpha value is -8.70. The van der Waals surface area contributed by atoms with Crippen molar-refractivity contribution in [3.05, 3.63) is 261 Å². The molecule has 0 aliphatic heterocycles. The number of benzene rings is 11. The smallest absolute Gasteiger partial charge is 0.0634 e. The Morgan fingerprint density at radius 3 is 1.56 bits per heavy atom. The summed E-state index contributed by atoms with van der Waals surface area (Å²) >= 11 is 1.89. The molecule has 13 aromatic rings. The molecule has 320 valence electrons. The molecule has 0 fully saturated rings. The highest BCUT2D eigenvalue weighted by atomic mass is 32.1. The molecule has 2 heterocycles. The average molecular weight is 886 g/mol. The predicted octanol–water partition coefficient (Wildman–Crippen LogP) is 18.6. The second-order valence-corrected chi connectivity index (χ2v) is 18.4. The van der Waals surface area contributed by atoms with Gasteiger partial charge in [0.25, 0.3) is 0 Å². The molecule has 68 heavy (non-hydrogen) atoms. The maximum Gasteiger partial charge on any atom is 0.0634 e. The van der Waals surface area contributed by atoms with E-state index < -0.39 is 0 Å². The van der Waals surface area contributed by atoms with E-state index in [2.05, 4.69) is 275 Å². The summed E-state index contributed by atoms with van der Waals surface area (Å²) in [5.74, 6) is 0. The molecule has 2 aromatic heterocycles. The van der Waals surface area contributed by atoms with E-state index in [-0.39, 0.29) is 0 Å². The number of aromatic nitrogens is 1. The van der Waals surface area contributed by atoms with Crippen LogP contribution < -0.4 is 9.80 Å². The monoisotopic (exact) mass is 885 g/mol. The number of anilines is 6. The van der Waals surface area contributed by atoms with Crippen molar-refractivity contribution in [2.75, 3.05) is 9.80 Å². The Morgan fingerprint density at radius 1 is 0.324 bits per heavy atom. The normalized spacial score (nSPS) is 11.5. The molecule has 13 rings (SSSR count). The van der Waals surface area contributed by atoms with Crippen LogP contribution in [0.5, 0.6) is 0 Å². The van der Waals surface area contributed by atoms with Gasteiger partial charge in [-0.05, 0) is 125 Å². The lowest BCUT2D eigenvalue weighted by Crippen LogP contribution is -2.13. The van der Waals surface area contributed by atoms with E-state index in [9.17, 15) is 0 Å². The van der Waals surface area contributed by atoms with Gasteiger partial charge in [-0.15, -0.1) is 11.3 Å². The molecule has 0 saturated heterocycles. The lowest BCUT2D eigenvalue weighted by molar-refractivity contribution is 1.19. The maximum absolute atomic E-state index is 2.48. The summed E-state index contributed by atoms with van der Waals surface area (Å²) in [6.07, 6.45) is 0. The number of fused-ring (bicyclic) bond motifs is 8. The SMILES string of the molecule is c1ccc(-c2ccc(N(c3ccccc3)c3cc(-c4cc5c6ccccc6n(-c6ccccc6)c5c5c4sc4ccccc45)cc(N(c4ccccc4)c4ccc5ccccc5c4)c3)cc2)cc1. The molecule has 11 aromatic carbocycles. The van der Waals surface area contributed by atoms with Crippen LogP contribution in [0.2, 0.25) is 0 Å². The van der Waals surface area contributed by atoms with Gasteiger partial charge in [-0.25, -0.2) is 0 Å². The first-order valence-corrected chi connectivity index (χ1v) is 24.0. The van der Waals surface area contributed by atoms with Gasteiger partial charge in [0.1, 0.15) is 0 Å². The minimum atomic E-state index is 1.05. The first kappa shape index (κ1) is 39.6. The van der Waals surface area contributed by atoms with Crippen LogP contribution in [0.25, 0.3) is 80.7 Å². The minimum absolute atomic E-state index is 1.05. The van der Waals surface area contributed by atoms with Gasteiger partial charge in [0.2, 0.25) is 0 Å². The molecular weight excluding hydrogens is 843 g/mol. The molecule has 0 amide bonds. The van der Waals surface area contributed by atoms with E-state index in [1.54, 1.807) is 0 Å². The number of nitrogens with zero attached hydrogens (tertiary/aromatic N) is 3. The molecule has 0 aliphatic carbocycles. The van der Waals surface area contributed by atoms with Crippen LogP contribution in [-0.2, 0) is 0 Å². The van der Waals surface area contributed by atoms with Crippen molar-refractivity contribution in [1.82, 2.24) is 4.57 Å². The molecular formula is C64H43N3S. The minimum Gasteiger partial charge on any atom is -0.310 e. The molecule has 0 bridgehead atoms. The van der Waals surface area contributed by atoms with Gasteiger partial charge in [-0.3, -0.25) is 0 Å². The van der Waals surface area contributed by atoms with E-state index in [0.29, 0.717) is 0 Å². The van der Waals surface area contributed by atoms with Gasteiger partial charge in [0.05, 0.1) is 11.0 Å². The second-order valence-electron chi connectivity index (χ2n) is 17.3. The zero-order chi connectivity index (χ0) is 45.0. The molecule has 4 heteroatoms. The fraction of sp³-hybridized carbons (Fsp3) is 0. The third kappa shape index (κ3) is 6.81. The van der Waals surface area contributed by atoms with Crippen LogP contribution in [0.4, 0.5) is 34.1 Å². The fourth-order valence-corrected chi connectivity index (χ4v) is 11.4. The Balaban J connectivity index is 1.13. The first-order chi connectivity index (χ1) is 33.7. The van der Waals surface area contributed by atoms with Crippen molar-refractivity contribution in [3.8, 4) is 27.9 Å². The molecule has 0 saturated carbocycles. The second kappa shape index (κ2) is 16.6. The Bertz CT molecular complexity index is 3950. The van der Waals surface area contributed by atoms with Gasteiger partial charge in [-0.1, -0.05) is 164 Å². The molecule has 0 radical (unpaired) electrons. The Morgan fingerprint density at radius 2 is 0.853 bits per heavy atom. The first-order valence-electron chi connectivity index (χ1n) is 23.2. The summed E-state index contributed by atoms with van der Waals surface area (Å²) in [5.41, 5.74) is 14.7. The molecule has 0 unspecified atom stereocenters. The number of rotatable bonds is 9. The van der Waals surface area contributed by atoms with Crippen molar-refractivity contribution >= 4 is 98.2 Å². The standard InChI is InChI=1S/C64H43N3S/c1-5-19-44(20-6-1)46-33-36-52(37-34-46)65(49-23-7-2-8-24-49)54-40-48(41-55(42-54)66(50-25-9-3-10-26-50)53-38-35-45-21-13-14-22-47(45)39-53)58-43-59-56-29-15-17-31-60(56)67(51-27-11-4-12-28-51)63(59)62-57-30-16-18-32-61(57)68-64(58)62/h1-43H. The summed E-state index contributed by atoms with van der Waals surface area (Å²) in [6.45, 7) is 0. The zero-order valence-electron chi connectivity index (χ0n) is 37.1. The predicted molar refractivity (Wildman–Crippen MR) is 291 cm³/mol. The van der Waals surface area contributed by atoms with Crippen LogP contribution in [0.15, 0.2) is 261 Å². The Labute approximate surface area is 399 Å². The number of thiophene rings is 1. The molecule has 0 spiro atoms. The molecule has 0 atom stereocenters. The van der Waals surface area contributed by atoms with Gasteiger partial charge in [-0.2, -0.15) is 0 Å². The van der Waals surface area contributed by atoms with Gasteiger partial charge >= 0.3 is 0 Å². The number of hydrogen-bond acceptors (Lipinski definition) is 3. The third-order valence-electron chi connectivity index (χ3n) is 13.3. The maximum atomic E-state index is 2.48. The zero-order valence-corrected chi connectivity index (χ0v) is 37.9. The molecule has 3 nitrogen and oxygen atoms in total. The quantitative estimate of drug-likeness (QED) is 0.143. The summed E-state index contributed by atoms with van der Waals surface area (Å²) in [6, 6.07) is 95.0. The van der Waals surface area contributed by atoms with Gasteiger partial charge < -0.3 is 14.4 Å². The summed E-state index contributed by atoms with van der Waals surface area (Å²) in [4.78, 5) is 4.83. The summed E-state index contributed by atoms with van der Waals surface area (Å²) < 4.78 is 5.01. The van der Waals surface area contributed by atoms with Crippen molar-refractivity contribution in [2.24, 2.45) is 0 Å². The third-order valence-corrected chi connectivity index (χ3v) is 14.5. The highest BCUT2D eigenvalue weighted by Crippen LogP contribution is 2.50. The summed E-state index contributed by atoms with van der Waals surface area (Å²) in [7, 11) is 0. The summed E-state index contributed by atoms with van der Waals surface area (Å²) in [5, 5.41) is 7.40. The van der Waals surface area contributed by atoms with Crippen molar-refractivity contribution in [2.45, 2.75) is 0 Å². The lowest BCUT2D eigenvalue weighted by atomic mass is 9.97. The van der Waals surface area contributed by atoms with Crippen LogP contribution in [-0.4, -0.2) is 4.57 Å². The van der Waals surface area contributed by atoms with Crippen molar-refractivity contribution < 1.29 is 0 Å². The van der Waals surface area contributed by atoms with E-state index in [1.807, 2.05) is 11.3 Å².